The van der Waals surface area contributed by atoms with Gasteiger partial charge in [-0.05, 0) is 18.6 Å². The minimum absolute atomic E-state index is 0.174. The van der Waals surface area contributed by atoms with Gasteiger partial charge in [0.25, 0.3) is 0 Å². The summed E-state index contributed by atoms with van der Waals surface area (Å²) in [5.41, 5.74) is 3.68. The molecule has 0 saturated heterocycles. The predicted molar refractivity (Wildman–Crippen MR) is 83.2 cm³/mol. The average molecular weight is 362 g/mol. The topological polar surface area (TPSA) is 94.6 Å². The number of unbranched alkanes of at least 4 members (excludes halogenated alkanes) is 2. The first-order valence-electron chi connectivity index (χ1n) is 7.77. The Morgan fingerprint density at radius 3 is 2.76 bits per heavy atom. The molecule has 2 amide bonds. The quantitative estimate of drug-likeness (QED) is 0.257. The molecule has 1 unspecified atom stereocenters. The third kappa shape index (κ3) is 7.38. The van der Waals surface area contributed by atoms with E-state index in [2.05, 4.69) is 15.8 Å². The van der Waals surface area contributed by atoms with Crippen LogP contribution in [0.25, 0.3) is 0 Å². The van der Waals surface area contributed by atoms with Crippen molar-refractivity contribution in [1.82, 2.24) is 15.5 Å². The van der Waals surface area contributed by atoms with Crippen LogP contribution in [0, 0.1) is 5.92 Å². The number of carbonyl (C=O) groups excluding carboxylic acids is 2. The lowest BCUT2D eigenvalue weighted by Crippen LogP contribution is -2.40. The minimum atomic E-state index is -4.52. The number of hydrazine groups is 1. The number of alkyl halides is 3. The minimum Gasteiger partial charge on any atom is -0.286 e. The molecule has 0 radical (unpaired) electrons. The Morgan fingerprint density at radius 1 is 1.44 bits per heavy atom. The van der Waals surface area contributed by atoms with Crippen LogP contribution in [0.15, 0.2) is 18.3 Å². The third-order valence-corrected chi connectivity index (χ3v) is 3.46. The summed E-state index contributed by atoms with van der Waals surface area (Å²) in [6.07, 6.45) is -0.436. The van der Waals surface area contributed by atoms with Crippen LogP contribution in [-0.4, -0.2) is 34.1 Å². The number of anilines is 1. The highest BCUT2D eigenvalue weighted by atomic mass is 19.4. The van der Waals surface area contributed by atoms with Gasteiger partial charge >= 0.3 is 6.18 Å². The lowest BCUT2D eigenvalue weighted by Gasteiger charge is -2.20. The van der Waals surface area contributed by atoms with Crippen LogP contribution in [0.3, 0.4) is 0 Å². The molecule has 1 atom stereocenters. The van der Waals surface area contributed by atoms with Crippen molar-refractivity contribution in [3.05, 3.63) is 23.9 Å². The zero-order valence-corrected chi connectivity index (χ0v) is 13.7. The number of carbonyl (C=O) groups is 2. The smallest absolute Gasteiger partial charge is 0.286 e. The maximum absolute atomic E-state index is 12.6. The van der Waals surface area contributed by atoms with Gasteiger partial charge in [-0.3, -0.25) is 25.6 Å². The summed E-state index contributed by atoms with van der Waals surface area (Å²) in [5, 5.41) is 9.63. The predicted octanol–water partition coefficient (Wildman–Crippen LogP) is 2.59. The summed E-state index contributed by atoms with van der Waals surface area (Å²) >= 11 is 0. The van der Waals surface area contributed by atoms with Gasteiger partial charge in [0, 0.05) is 6.20 Å². The van der Waals surface area contributed by atoms with Crippen LogP contribution >= 0.6 is 0 Å². The van der Waals surface area contributed by atoms with Gasteiger partial charge in [0.2, 0.25) is 12.3 Å². The van der Waals surface area contributed by atoms with E-state index < -0.39 is 23.6 Å². The zero-order chi connectivity index (χ0) is 18.9. The van der Waals surface area contributed by atoms with Crippen LogP contribution in [0.5, 0.6) is 0 Å². The molecule has 0 aliphatic heterocycles. The van der Waals surface area contributed by atoms with Crippen LogP contribution < -0.4 is 10.9 Å². The van der Waals surface area contributed by atoms with E-state index in [1.54, 1.807) is 0 Å². The highest BCUT2D eigenvalue weighted by Crippen LogP contribution is 2.29. The van der Waals surface area contributed by atoms with E-state index in [0.717, 1.165) is 31.2 Å². The van der Waals surface area contributed by atoms with Crippen molar-refractivity contribution >= 4 is 18.1 Å². The second kappa shape index (κ2) is 9.82. The van der Waals surface area contributed by atoms with Gasteiger partial charge in [0.15, 0.2) is 0 Å². The lowest BCUT2D eigenvalue weighted by atomic mass is 10.0. The fraction of sp³-hybridized carbons (Fsp3) is 0.533. The number of amides is 2. The number of aromatic nitrogens is 1. The monoisotopic (exact) mass is 362 g/mol. The number of nitrogens with zero attached hydrogens (tertiary/aromatic N) is 2. The van der Waals surface area contributed by atoms with Gasteiger partial charge in [-0.25, -0.2) is 10.0 Å². The summed E-state index contributed by atoms with van der Waals surface area (Å²) in [6.45, 7) is 1.77. The molecule has 0 bridgehead atoms. The number of hydrogen-bond acceptors (Lipinski definition) is 5. The lowest BCUT2D eigenvalue weighted by molar-refractivity contribution is -0.154. The Bertz CT molecular complexity index is 569. The van der Waals surface area contributed by atoms with Gasteiger partial charge in [0.05, 0.1) is 18.0 Å². The molecule has 25 heavy (non-hydrogen) atoms. The Hall–Kier alpha value is -2.36. The normalized spacial score (nSPS) is 12.4. The molecule has 3 N–H and O–H groups in total. The van der Waals surface area contributed by atoms with E-state index in [4.69, 9.17) is 0 Å². The van der Waals surface area contributed by atoms with Crippen molar-refractivity contribution in [3.63, 3.8) is 0 Å². The molecule has 0 aliphatic rings. The number of nitrogens with one attached hydrogen (secondary N) is 2. The van der Waals surface area contributed by atoms with Crippen LogP contribution in [0.4, 0.5) is 19.0 Å². The van der Waals surface area contributed by atoms with Gasteiger partial charge < -0.3 is 0 Å². The van der Waals surface area contributed by atoms with E-state index in [1.165, 1.54) is 0 Å². The first-order chi connectivity index (χ1) is 11.8. The number of hydrogen-bond donors (Lipinski definition) is 3. The molecule has 0 aromatic carbocycles. The highest BCUT2D eigenvalue weighted by molar-refractivity contribution is 5.80. The summed E-state index contributed by atoms with van der Waals surface area (Å²) in [5.74, 6) is -1.44. The Morgan fingerprint density at radius 2 is 2.16 bits per heavy atom. The summed E-state index contributed by atoms with van der Waals surface area (Å²) in [4.78, 5) is 26.4. The first kappa shape index (κ1) is 20.7. The van der Waals surface area contributed by atoms with Gasteiger partial charge in [-0.2, -0.15) is 13.2 Å². The summed E-state index contributed by atoms with van der Waals surface area (Å²) in [6, 6.07) is 1.57. The highest BCUT2D eigenvalue weighted by Gasteiger charge is 2.30. The number of pyridine rings is 1. The molecule has 0 fully saturated rings. The fourth-order valence-electron chi connectivity index (χ4n) is 2.12. The van der Waals surface area contributed by atoms with Gasteiger partial charge in [0.1, 0.15) is 5.82 Å². The molecule has 0 saturated carbocycles. The molecule has 1 aromatic rings. The van der Waals surface area contributed by atoms with Crippen molar-refractivity contribution in [2.24, 2.45) is 5.92 Å². The maximum Gasteiger partial charge on any atom is 0.416 e. The molecule has 1 heterocycles. The number of hydroxylamine groups is 2. The fourth-order valence-corrected chi connectivity index (χ4v) is 2.12. The van der Waals surface area contributed by atoms with E-state index >= 15 is 0 Å². The van der Waals surface area contributed by atoms with Gasteiger partial charge in [-0.15, -0.1) is 0 Å². The molecular weight excluding hydrogens is 341 g/mol. The van der Waals surface area contributed by atoms with E-state index in [0.29, 0.717) is 17.9 Å². The molecule has 0 aliphatic carbocycles. The van der Waals surface area contributed by atoms with Crippen LogP contribution in [0.2, 0.25) is 0 Å². The molecule has 7 nitrogen and oxygen atoms in total. The average Bonchev–Trinajstić information content (AvgIpc) is 2.58. The molecule has 140 valence electrons. The van der Waals surface area contributed by atoms with Crippen LogP contribution in [0.1, 0.15) is 38.2 Å². The molecule has 10 heteroatoms. The first-order valence-corrected chi connectivity index (χ1v) is 7.77. The van der Waals surface area contributed by atoms with Crippen molar-refractivity contribution in [1.29, 1.82) is 0 Å². The van der Waals surface area contributed by atoms with Crippen LogP contribution in [-0.2, 0) is 15.8 Å². The Kier molecular flexibility index (Phi) is 8.12. The van der Waals surface area contributed by atoms with E-state index in [-0.39, 0.29) is 18.8 Å². The van der Waals surface area contributed by atoms with Crippen molar-refractivity contribution < 1.29 is 28.0 Å². The van der Waals surface area contributed by atoms with Crippen molar-refractivity contribution in [3.8, 4) is 0 Å². The third-order valence-electron chi connectivity index (χ3n) is 3.46. The van der Waals surface area contributed by atoms with Crippen molar-refractivity contribution in [2.75, 3.05) is 12.0 Å². The molecule has 1 rings (SSSR count). The number of halogens is 3. The molecular formula is C15H21F3N4O3. The Balaban J connectivity index is 2.68. The second-order valence-electron chi connectivity index (χ2n) is 5.46. The SMILES string of the molecule is CCCCCC(CN(O)C=O)C(=O)NNc1cc(C(F)(F)F)ccn1. The largest absolute Gasteiger partial charge is 0.416 e. The van der Waals surface area contributed by atoms with Gasteiger partial charge in [-0.1, -0.05) is 26.2 Å². The molecule has 1 aromatic heterocycles. The Labute approximate surface area is 143 Å². The summed E-state index contributed by atoms with van der Waals surface area (Å²) in [7, 11) is 0. The zero-order valence-electron chi connectivity index (χ0n) is 13.7. The molecule has 0 spiro atoms. The van der Waals surface area contributed by atoms with Crippen molar-refractivity contribution in [2.45, 2.75) is 38.8 Å². The standard InChI is InChI=1S/C15H21F3N4O3/c1-2-3-4-5-11(9-22(25)10-23)14(24)21-20-13-8-12(6-7-19-13)15(16,17)18/h6-8,10-11,25H,2-5,9H2,1H3,(H,19,20)(H,21,24). The van der Waals surface area contributed by atoms with E-state index in [9.17, 15) is 28.0 Å². The number of rotatable bonds is 10. The summed E-state index contributed by atoms with van der Waals surface area (Å²) < 4.78 is 37.9. The van der Waals surface area contributed by atoms with E-state index in [1.807, 2.05) is 6.92 Å². The maximum atomic E-state index is 12.6. The second-order valence-corrected chi connectivity index (χ2v) is 5.46.